The first-order chi connectivity index (χ1) is 8.61. The Balaban J connectivity index is 1.80. The molecule has 1 unspecified atom stereocenters. The minimum absolute atomic E-state index is 0.109. The number of imide groups is 1. The molecule has 3 amide bonds. The highest BCUT2D eigenvalue weighted by Crippen LogP contribution is 2.28. The van der Waals surface area contributed by atoms with Crippen LogP contribution in [0.2, 0.25) is 0 Å². The van der Waals surface area contributed by atoms with E-state index in [1.165, 1.54) is 16.2 Å². The molecule has 2 aliphatic rings. The third-order valence-electron chi connectivity index (χ3n) is 3.34. The number of nitrogens with one attached hydrogen (secondary N) is 2. The summed E-state index contributed by atoms with van der Waals surface area (Å²) < 4.78 is 1.00. The van der Waals surface area contributed by atoms with Crippen molar-refractivity contribution in [2.75, 3.05) is 13.1 Å². The van der Waals surface area contributed by atoms with E-state index in [4.69, 9.17) is 0 Å². The van der Waals surface area contributed by atoms with Gasteiger partial charge in [-0.05, 0) is 41.0 Å². The van der Waals surface area contributed by atoms with Crippen LogP contribution < -0.4 is 10.6 Å². The summed E-state index contributed by atoms with van der Waals surface area (Å²) in [5, 5.41) is 5.95. The normalized spacial score (nSPS) is 27.3. The Kier molecular flexibility index (Phi) is 2.91. The summed E-state index contributed by atoms with van der Waals surface area (Å²) in [6, 6.07) is 3.56. The Labute approximate surface area is 117 Å². The summed E-state index contributed by atoms with van der Waals surface area (Å²) in [5.74, 6) is -0.109. The molecule has 7 heteroatoms. The van der Waals surface area contributed by atoms with E-state index in [0.717, 1.165) is 15.2 Å². The monoisotopic (exact) mass is 329 g/mol. The second-order valence-corrected chi connectivity index (χ2v) is 7.08. The number of thiophene rings is 1. The molecular formula is C11H12BrN3O2S. The van der Waals surface area contributed by atoms with E-state index in [1.807, 2.05) is 12.1 Å². The van der Waals surface area contributed by atoms with Crippen LogP contribution in [0.5, 0.6) is 0 Å². The van der Waals surface area contributed by atoms with Crippen molar-refractivity contribution in [3.05, 3.63) is 20.8 Å². The number of halogens is 1. The highest BCUT2D eigenvalue weighted by Gasteiger charge is 2.52. The molecule has 1 aromatic rings. The number of carbonyl (C=O) groups excluding carboxylic acids is 2. The van der Waals surface area contributed by atoms with Crippen molar-refractivity contribution in [3.8, 4) is 0 Å². The van der Waals surface area contributed by atoms with Gasteiger partial charge in [0.25, 0.3) is 5.91 Å². The lowest BCUT2D eigenvalue weighted by Gasteiger charge is -2.18. The number of carbonyl (C=O) groups is 2. The number of urea groups is 1. The second kappa shape index (κ2) is 4.32. The third kappa shape index (κ3) is 1.86. The molecule has 1 aromatic heterocycles. The van der Waals surface area contributed by atoms with E-state index >= 15 is 0 Å². The smallest absolute Gasteiger partial charge is 0.322 e. The van der Waals surface area contributed by atoms with E-state index in [0.29, 0.717) is 19.5 Å². The van der Waals surface area contributed by atoms with Gasteiger partial charge in [0.2, 0.25) is 0 Å². The molecule has 0 bridgehead atoms. The molecule has 0 radical (unpaired) electrons. The molecule has 18 heavy (non-hydrogen) atoms. The lowest BCUT2D eigenvalue weighted by molar-refractivity contribution is -0.131. The summed E-state index contributed by atoms with van der Waals surface area (Å²) in [6.07, 6.45) is 0.669. The Bertz CT molecular complexity index is 510. The van der Waals surface area contributed by atoms with E-state index in [9.17, 15) is 9.59 Å². The van der Waals surface area contributed by atoms with Crippen molar-refractivity contribution in [2.45, 2.75) is 18.5 Å². The Hall–Kier alpha value is -0.920. The van der Waals surface area contributed by atoms with Gasteiger partial charge in [-0.1, -0.05) is 0 Å². The third-order valence-corrected chi connectivity index (χ3v) is 4.95. The molecule has 2 saturated heterocycles. The Morgan fingerprint density at radius 2 is 2.28 bits per heavy atom. The quantitative estimate of drug-likeness (QED) is 0.804. The van der Waals surface area contributed by atoms with Gasteiger partial charge in [-0.3, -0.25) is 9.69 Å². The molecule has 3 rings (SSSR count). The molecular weight excluding hydrogens is 318 g/mol. The number of hydrogen-bond acceptors (Lipinski definition) is 4. The first-order valence-corrected chi connectivity index (χ1v) is 7.31. The predicted octanol–water partition coefficient (Wildman–Crippen LogP) is 1.29. The van der Waals surface area contributed by atoms with Gasteiger partial charge in [-0.2, -0.15) is 0 Å². The molecule has 2 fully saturated rings. The average Bonchev–Trinajstić information content (AvgIpc) is 2.99. The molecule has 0 aromatic carbocycles. The lowest BCUT2D eigenvalue weighted by atomic mass is 9.99. The van der Waals surface area contributed by atoms with Crippen LogP contribution in [-0.4, -0.2) is 35.5 Å². The van der Waals surface area contributed by atoms with Gasteiger partial charge in [-0.25, -0.2) is 4.79 Å². The Morgan fingerprint density at radius 1 is 1.44 bits per heavy atom. The minimum atomic E-state index is -0.703. The van der Waals surface area contributed by atoms with Crippen LogP contribution in [0.1, 0.15) is 11.3 Å². The SMILES string of the molecule is O=C1NC2(CCNC2)C(=O)N1Cc1ccc(Br)s1. The van der Waals surface area contributed by atoms with Gasteiger partial charge < -0.3 is 10.6 Å². The predicted molar refractivity (Wildman–Crippen MR) is 71.3 cm³/mol. The molecule has 5 nitrogen and oxygen atoms in total. The van der Waals surface area contributed by atoms with Crippen LogP contribution in [-0.2, 0) is 11.3 Å². The lowest BCUT2D eigenvalue weighted by Crippen LogP contribution is -2.48. The summed E-state index contributed by atoms with van der Waals surface area (Å²) in [5.41, 5.74) is -0.703. The van der Waals surface area contributed by atoms with E-state index < -0.39 is 5.54 Å². The topological polar surface area (TPSA) is 61.4 Å². The van der Waals surface area contributed by atoms with Gasteiger partial charge in [0.1, 0.15) is 5.54 Å². The van der Waals surface area contributed by atoms with Gasteiger partial charge in [0.05, 0.1) is 10.3 Å². The number of rotatable bonds is 2. The van der Waals surface area contributed by atoms with Crippen molar-refractivity contribution >= 4 is 39.2 Å². The number of hydrogen-bond donors (Lipinski definition) is 2. The van der Waals surface area contributed by atoms with Crippen molar-refractivity contribution in [2.24, 2.45) is 0 Å². The van der Waals surface area contributed by atoms with E-state index in [-0.39, 0.29) is 11.9 Å². The number of nitrogens with zero attached hydrogens (tertiary/aromatic N) is 1. The van der Waals surface area contributed by atoms with E-state index in [2.05, 4.69) is 26.6 Å². The summed E-state index contributed by atoms with van der Waals surface area (Å²) in [6.45, 7) is 1.65. The van der Waals surface area contributed by atoms with Crippen LogP contribution in [0.15, 0.2) is 15.9 Å². The standard InChI is InChI=1S/C11H12BrN3O2S/c12-8-2-1-7(18-8)5-15-9(16)11(14-10(15)17)3-4-13-6-11/h1-2,13H,3-6H2,(H,14,17). The fourth-order valence-electron chi connectivity index (χ4n) is 2.39. The van der Waals surface area contributed by atoms with Crippen molar-refractivity contribution in [3.63, 3.8) is 0 Å². The number of amides is 3. The summed E-state index contributed by atoms with van der Waals surface area (Å²) >= 11 is 4.91. The fraction of sp³-hybridized carbons (Fsp3) is 0.455. The first kappa shape index (κ1) is 12.1. The molecule has 0 aliphatic carbocycles. The fourth-order valence-corrected chi connectivity index (χ4v) is 3.87. The van der Waals surface area contributed by atoms with Crippen LogP contribution in [0.4, 0.5) is 4.79 Å². The maximum Gasteiger partial charge on any atom is 0.325 e. The van der Waals surface area contributed by atoms with Crippen LogP contribution >= 0.6 is 27.3 Å². The van der Waals surface area contributed by atoms with Gasteiger partial charge in [-0.15, -0.1) is 11.3 Å². The molecule has 3 heterocycles. The summed E-state index contributed by atoms with van der Waals surface area (Å²) in [4.78, 5) is 26.6. The first-order valence-electron chi connectivity index (χ1n) is 5.70. The van der Waals surface area contributed by atoms with Gasteiger partial charge in [0, 0.05) is 11.4 Å². The maximum absolute atomic E-state index is 12.3. The Morgan fingerprint density at radius 3 is 2.89 bits per heavy atom. The van der Waals surface area contributed by atoms with Crippen molar-refractivity contribution in [1.29, 1.82) is 0 Å². The highest BCUT2D eigenvalue weighted by molar-refractivity contribution is 9.11. The molecule has 1 spiro atoms. The van der Waals surface area contributed by atoms with Crippen LogP contribution in [0.3, 0.4) is 0 Å². The van der Waals surface area contributed by atoms with Crippen molar-refractivity contribution in [1.82, 2.24) is 15.5 Å². The molecule has 1 atom stereocenters. The zero-order valence-corrected chi connectivity index (χ0v) is 11.9. The van der Waals surface area contributed by atoms with Crippen LogP contribution in [0.25, 0.3) is 0 Å². The molecule has 2 N–H and O–H groups in total. The zero-order chi connectivity index (χ0) is 12.8. The van der Waals surface area contributed by atoms with Gasteiger partial charge in [0.15, 0.2) is 0 Å². The largest absolute Gasteiger partial charge is 0.325 e. The van der Waals surface area contributed by atoms with Crippen molar-refractivity contribution < 1.29 is 9.59 Å². The zero-order valence-electron chi connectivity index (χ0n) is 9.53. The summed E-state index contributed by atoms with van der Waals surface area (Å²) in [7, 11) is 0. The van der Waals surface area contributed by atoms with E-state index in [1.54, 1.807) is 0 Å². The minimum Gasteiger partial charge on any atom is -0.322 e. The highest BCUT2D eigenvalue weighted by atomic mass is 79.9. The van der Waals surface area contributed by atoms with Gasteiger partial charge >= 0.3 is 6.03 Å². The second-order valence-electron chi connectivity index (χ2n) is 4.54. The molecule has 0 saturated carbocycles. The molecule has 96 valence electrons. The average molecular weight is 330 g/mol. The van der Waals surface area contributed by atoms with Crippen LogP contribution in [0, 0.1) is 0 Å². The molecule has 2 aliphatic heterocycles. The maximum atomic E-state index is 12.3.